The number of halogens is 3. The van der Waals surface area contributed by atoms with Gasteiger partial charge in [0.1, 0.15) is 0 Å². The Bertz CT molecular complexity index is 425. The maximum absolute atomic E-state index is 12.5. The third-order valence-electron chi connectivity index (χ3n) is 2.76. The predicted molar refractivity (Wildman–Crippen MR) is 46.7 cm³/mol. The number of carbonyl (C=O) groups is 1. The fourth-order valence-electron chi connectivity index (χ4n) is 1.94. The highest BCUT2D eigenvalue weighted by molar-refractivity contribution is 5.71. The van der Waals surface area contributed by atoms with Gasteiger partial charge in [0.25, 0.3) is 0 Å². The molecule has 0 saturated heterocycles. The van der Waals surface area contributed by atoms with Crippen molar-refractivity contribution in [2.24, 2.45) is 5.92 Å². The van der Waals surface area contributed by atoms with E-state index in [4.69, 9.17) is 5.11 Å². The van der Waals surface area contributed by atoms with Crippen molar-refractivity contribution in [2.75, 3.05) is 0 Å². The van der Waals surface area contributed by atoms with Crippen molar-refractivity contribution >= 4 is 5.97 Å². The smallest absolute Gasteiger partial charge is 0.435 e. The summed E-state index contributed by atoms with van der Waals surface area (Å²) in [5, 5.41) is 14.3. The molecule has 0 saturated carbocycles. The Hall–Kier alpha value is -1.53. The molecular formula is C9H9F3N2O2. The molecule has 0 radical (unpaired) electrons. The topological polar surface area (TPSA) is 66.0 Å². The van der Waals surface area contributed by atoms with E-state index in [-0.39, 0.29) is 12.0 Å². The number of aromatic amines is 1. The van der Waals surface area contributed by atoms with Crippen LogP contribution in [0.5, 0.6) is 0 Å². The number of fused-ring (bicyclic) bond motifs is 1. The first-order chi connectivity index (χ1) is 7.39. The first kappa shape index (κ1) is 11.0. The van der Waals surface area contributed by atoms with Crippen molar-refractivity contribution in [2.45, 2.75) is 25.4 Å². The number of rotatable bonds is 1. The monoisotopic (exact) mass is 234 g/mol. The van der Waals surface area contributed by atoms with E-state index in [0.717, 1.165) is 0 Å². The summed E-state index contributed by atoms with van der Waals surface area (Å²) in [7, 11) is 0. The van der Waals surface area contributed by atoms with E-state index in [1.165, 1.54) is 0 Å². The fraction of sp³-hybridized carbons (Fsp3) is 0.556. The lowest BCUT2D eigenvalue weighted by atomic mass is 9.86. The molecule has 0 amide bonds. The van der Waals surface area contributed by atoms with E-state index in [1.807, 2.05) is 0 Å². The molecule has 0 aromatic carbocycles. The highest BCUT2D eigenvalue weighted by Gasteiger charge is 2.40. The van der Waals surface area contributed by atoms with Crippen molar-refractivity contribution in [1.82, 2.24) is 10.2 Å². The minimum atomic E-state index is -4.52. The molecule has 1 aromatic rings. The maximum atomic E-state index is 12.5. The molecule has 88 valence electrons. The molecular weight excluding hydrogens is 225 g/mol. The molecule has 0 bridgehead atoms. The molecule has 4 nitrogen and oxygen atoms in total. The third-order valence-corrected chi connectivity index (χ3v) is 2.76. The van der Waals surface area contributed by atoms with E-state index >= 15 is 0 Å². The zero-order valence-electron chi connectivity index (χ0n) is 8.14. The first-order valence-electron chi connectivity index (χ1n) is 4.75. The van der Waals surface area contributed by atoms with Crippen LogP contribution in [0.15, 0.2) is 0 Å². The van der Waals surface area contributed by atoms with Crippen LogP contribution in [0.2, 0.25) is 0 Å². The van der Waals surface area contributed by atoms with Crippen LogP contribution < -0.4 is 0 Å². The lowest BCUT2D eigenvalue weighted by molar-refractivity contribution is -0.145. The summed E-state index contributed by atoms with van der Waals surface area (Å²) in [5.41, 5.74) is -0.565. The number of nitrogens with zero attached hydrogens (tertiary/aromatic N) is 1. The number of nitrogens with one attached hydrogen (secondary N) is 1. The molecule has 0 spiro atoms. The van der Waals surface area contributed by atoms with E-state index in [0.29, 0.717) is 18.5 Å². The molecule has 7 heteroatoms. The molecule has 1 aliphatic carbocycles. The van der Waals surface area contributed by atoms with Gasteiger partial charge in [0.15, 0.2) is 5.69 Å². The minimum Gasteiger partial charge on any atom is -0.481 e. The number of aryl methyl sites for hydroxylation is 1. The Morgan fingerprint density at radius 1 is 1.50 bits per heavy atom. The Morgan fingerprint density at radius 3 is 2.75 bits per heavy atom. The molecule has 1 aliphatic rings. The van der Waals surface area contributed by atoms with E-state index in [9.17, 15) is 18.0 Å². The van der Waals surface area contributed by atoms with Crippen molar-refractivity contribution in [3.05, 3.63) is 17.0 Å². The molecule has 16 heavy (non-hydrogen) atoms. The van der Waals surface area contributed by atoms with Gasteiger partial charge in [0, 0.05) is 11.3 Å². The number of aromatic nitrogens is 2. The summed E-state index contributed by atoms with van der Waals surface area (Å²) in [4.78, 5) is 10.7. The van der Waals surface area contributed by atoms with E-state index in [1.54, 1.807) is 0 Å². The van der Waals surface area contributed by atoms with E-state index < -0.39 is 23.8 Å². The van der Waals surface area contributed by atoms with Gasteiger partial charge in [-0.1, -0.05) is 0 Å². The van der Waals surface area contributed by atoms with Crippen molar-refractivity contribution in [3.8, 4) is 0 Å². The number of alkyl halides is 3. The average Bonchev–Trinajstić information content (AvgIpc) is 2.58. The van der Waals surface area contributed by atoms with Crippen molar-refractivity contribution in [3.63, 3.8) is 0 Å². The number of carboxylic acids is 1. The van der Waals surface area contributed by atoms with Gasteiger partial charge in [-0.3, -0.25) is 9.89 Å². The highest BCUT2D eigenvalue weighted by atomic mass is 19.4. The highest BCUT2D eigenvalue weighted by Crippen LogP contribution is 2.35. The van der Waals surface area contributed by atoms with Gasteiger partial charge >= 0.3 is 12.1 Å². The van der Waals surface area contributed by atoms with Gasteiger partial charge in [0.2, 0.25) is 0 Å². The standard InChI is InChI=1S/C9H9F3N2O2/c10-9(11,12)7-5-3-4(8(15)16)1-2-6(5)13-14-7/h4H,1-3H2,(H,13,14)(H,15,16)/t4-/m1/s1. The maximum Gasteiger partial charge on any atom is 0.435 e. The molecule has 0 aliphatic heterocycles. The third kappa shape index (κ3) is 1.77. The van der Waals surface area contributed by atoms with Crippen LogP contribution in [0.3, 0.4) is 0 Å². The quantitative estimate of drug-likeness (QED) is 0.775. The Labute approximate surface area is 88.5 Å². The lowest BCUT2D eigenvalue weighted by Crippen LogP contribution is -2.23. The van der Waals surface area contributed by atoms with Crippen LogP contribution >= 0.6 is 0 Å². The molecule has 0 fully saturated rings. The summed E-state index contributed by atoms with van der Waals surface area (Å²) in [6, 6.07) is 0. The van der Waals surface area contributed by atoms with Crippen molar-refractivity contribution in [1.29, 1.82) is 0 Å². The Kier molecular flexibility index (Phi) is 2.40. The summed E-state index contributed by atoms with van der Waals surface area (Å²) >= 11 is 0. The lowest BCUT2D eigenvalue weighted by Gasteiger charge is -2.19. The summed E-state index contributed by atoms with van der Waals surface area (Å²) in [5.74, 6) is -1.80. The van der Waals surface area contributed by atoms with Gasteiger partial charge < -0.3 is 5.11 Å². The van der Waals surface area contributed by atoms with Gasteiger partial charge in [-0.05, 0) is 19.3 Å². The van der Waals surface area contributed by atoms with Crippen LogP contribution in [0.4, 0.5) is 13.2 Å². The zero-order chi connectivity index (χ0) is 11.9. The summed E-state index contributed by atoms with van der Waals surface area (Å²) in [6.45, 7) is 0. The predicted octanol–water partition coefficient (Wildman–Crippen LogP) is 1.62. The average molecular weight is 234 g/mol. The first-order valence-corrected chi connectivity index (χ1v) is 4.75. The fourth-order valence-corrected chi connectivity index (χ4v) is 1.94. The minimum absolute atomic E-state index is 0.00569. The molecule has 1 atom stereocenters. The Balaban J connectivity index is 2.35. The normalized spacial score (nSPS) is 20.6. The van der Waals surface area contributed by atoms with Gasteiger partial charge in [-0.25, -0.2) is 0 Å². The van der Waals surface area contributed by atoms with Crippen LogP contribution in [-0.4, -0.2) is 21.3 Å². The molecule has 2 N–H and O–H groups in total. The zero-order valence-corrected chi connectivity index (χ0v) is 8.14. The number of carboxylic acid groups (broad SMARTS) is 1. The number of hydrogen-bond acceptors (Lipinski definition) is 2. The molecule has 1 aromatic heterocycles. The van der Waals surface area contributed by atoms with Crippen molar-refractivity contribution < 1.29 is 23.1 Å². The van der Waals surface area contributed by atoms with Crippen LogP contribution in [-0.2, 0) is 23.8 Å². The summed E-state index contributed by atoms with van der Waals surface area (Å²) < 4.78 is 37.5. The molecule has 1 heterocycles. The van der Waals surface area contributed by atoms with Crippen LogP contribution in [0.25, 0.3) is 0 Å². The molecule has 0 unspecified atom stereocenters. The number of hydrogen-bond donors (Lipinski definition) is 2. The Morgan fingerprint density at radius 2 is 2.19 bits per heavy atom. The van der Waals surface area contributed by atoms with Crippen LogP contribution in [0.1, 0.15) is 23.4 Å². The summed E-state index contributed by atoms with van der Waals surface area (Å²) in [6.07, 6.45) is -3.97. The van der Waals surface area contributed by atoms with Gasteiger partial charge in [-0.2, -0.15) is 18.3 Å². The van der Waals surface area contributed by atoms with Gasteiger partial charge in [0.05, 0.1) is 5.92 Å². The SMILES string of the molecule is O=C(O)[C@@H]1CCc2[nH]nc(C(F)(F)F)c2C1. The number of aliphatic carboxylic acids is 1. The second-order valence-corrected chi connectivity index (χ2v) is 3.81. The van der Waals surface area contributed by atoms with E-state index in [2.05, 4.69) is 10.2 Å². The second kappa shape index (κ2) is 3.50. The second-order valence-electron chi connectivity index (χ2n) is 3.81. The number of H-pyrrole nitrogens is 1. The van der Waals surface area contributed by atoms with Crippen LogP contribution in [0, 0.1) is 5.92 Å². The van der Waals surface area contributed by atoms with Gasteiger partial charge in [-0.15, -0.1) is 0 Å². The molecule has 2 rings (SSSR count). The largest absolute Gasteiger partial charge is 0.481 e.